The molecule has 6 nitrogen and oxygen atoms in total. The number of ether oxygens (including phenoxy) is 2. The van der Waals surface area contributed by atoms with Crippen LogP contribution in [0.5, 0.6) is 0 Å². The van der Waals surface area contributed by atoms with Crippen LogP contribution in [-0.4, -0.2) is 28.9 Å². The van der Waals surface area contributed by atoms with E-state index in [1.165, 1.54) is 13.0 Å². The summed E-state index contributed by atoms with van der Waals surface area (Å²) in [6.45, 7) is 8.35. The molecule has 0 radical (unpaired) electrons. The molecule has 2 aromatic rings. The highest BCUT2D eigenvalue weighted by Crippen LogP contribution is 2.38. The van der Waals surface area contributed by atoms with Crippen LogP contribution in [0, 0.1) is 5.82 Å². The van der Waals surface area contributed by atoms with Gasteiger partial charge in [0.25, 0.3) is 0 Å². The molecule has 0 aliphatic heterocycles. The number of benzene rings is 2. The summed E-state index contributed by atoms with van der Waals surface area (Å²) in [7, 11) is 0. The molecular weight excluding hydrogens is 571 g/mol. The van der Waals surface area contributed by atoms with Gasteiger partial charge in [0.1, 0.15) is 5.82 Å². The first-order valence-corrected chi connectivity index (χ1v) is 14.4. The molecule has 0 bridgehead atoms. The Kier molecular flexibility index (Phi) is 10.3. The van der Waals surface area contributed by atoms with E-state index >= 15 is 4.39 Å². The minimum atomic E-state index is -0.672. The molecule has 2 aliphatic rings. The summed E-state index contributed by atoms with van der Waals surface area (Å²) in [5.41, 5.74) is 4.97. The molecule has 0 saturated carbocycles. The zero-order valence-corrected chi connectivity index (χ0v) is 25.2. The number of fused-ring (bicyclic) bond motifs is 1. The van der Waals surface area contributed by atoms with Gasteiger partial charge < -0.3 is 14.6 Å². The van der Waals surface area contributed by atoms with Gasteiger partial charge in [-0.3, -0.25) is 4.79 Å². The maximum absolute atomic E-state index is 15.5. The van der Waals surface area contributed by atoms with Gasteiger partial charge in [-0.25, -0.2) is 14.0 Å². The molecule has 8 heteroatoms. The van der Waals surface area contributed by atoms with Crippen molar-refractivity contribution < 1.29 is 33.4 Å². The third-order valence-corrected chi connectivity index (χ3v) is 7.98. The van der Waals surface area contributed by atoms with E-state index in [0.29, 0.717) is 23.1 Å². The van der Waals surface area contributed by atoms with Crippen LogP contribution >= 0.6 is 11.6 Å². The van der Waals surface area contributed by atoms with Gasteiger partial charge in [0.15, 0.2) is 11.5 Å². The predicted molar refractivity (Wildman–Crippen MR) is 163 cm³/mol. The topological polar surface area (TPSA) is 89.9 Å². The number of hydrogen-bond acceptors (Lipinski definition) is 6. The quantitative estimate of drug-likeness (QED) is 0.172. The van der Waals surface area contributed by atoms with Gasteiger partial charge in [0.2, 0.25) is 5.24 Å². The van der Waals surface area contributed by atoms with Gasteiger partial charge in [0, 0.05) is 40.7 Å². The van der Waals surface area contributed by atoms with Crippen LogP contribution in [-0.2, 0) is 30.3 Å². The fraction of sp³-hybridized carbons (Fsp3) is 0.286. The molecule has 4 rings (SSSR count). The third-order valence-electron chi connectivity index (χ3n) is 7.68. The summed E-state index contributed by atoms with van der Waals surface area (Å²) in [5.74, 6) is -1.84. The second-order valence-electron chi connectivity index (χ2n) is 10.9. The Balaban J connectivity index is 1.57. The first-order chi connectivity index (χ1) is 20.5. The van der Waals surface area contributed by atoms with E-state index in [1.54, 1.807) is 44.2 Å². The molecule has 1 N–H and O–H groups in total. The number of esters is 2. The Morgan fingerprint density at radius 2 is 1.74 bits per heavy atom. The number of carbonyl (C=O) groups is 3. The minimum Gasteiger partial charge on any atom is -0.420 e. The molecule has 0 aromatic heterocycles. The molecule has 0 spiro atoms. The van der Waals surface area contributed by atoms with Crippen LogP contribution in [0.1, 0.15) is 68.6 Å². The first kappa shape index (κ1) is 31.9. The van der Waals surface area contributed by atoms with Gasteiger partial charge in [-0.05, 0) is 98.5 Å². The Morgan fingerprint density at radius 3 is 2.42 bits per heavy atom. The normalized spacial score (nSPS) is 18.4. The Hall–Kier alpha value is -4.07. The fourth-order valence-electron chi connectivity index (χ4n) is 5.08. The molecule has 2 unspecified atom stereocenters. The van der Waals surface area contributed by atoms with Gasteiger partial charge >= 0.3 is 11.9 Å². The molecule has 2 aromatic carbocycles. The van der Waals surface area contributed by atoms with Crippen molar-refractivity contribution in [3.8, 4) is 11.1 Å². The Labute approximate surface area is 255 Å². The summed E-state index contributed by atoms with van der Waals surface area (Å²) in [6, 6.07) is 10.9. The van der Waals surface area contributed by atoms with Crippen molar-refractivity contribution in [1.29, 1.82) is 0 Å². The molecule has 0 heterocycles. The van der Waals surface area contributed by atoms with Crippen molar-refractivity contribution in [1.82, 2.24) is 0 Å². The summed E-state index contributed by atoms with van der Waals surface area (Å²) in [6.07, 6.45) is 8.86. The van der Waals surface area contributed by atoms with Crippen LogP contribution in [0.3, 0.4) is 0 Å². The van der Waals surface area contributed by atoms with E-state index in [2.05, 4.69) is 6.58 Å². The van der Waals surface area contributed by atoms with E-state index in [0.717, 1.165) is 29.5 Å². The van der Waals surface area contributed by atoms with Crippen molar-refractivity contribution in [3.05, 3.63) is 118 Å². The number of rotatable bonds is 10. The second-order valence-corrected chi connectivity index (χ2v) is 11.2. The lowest BCUT2D eigenvalue weighted by Gasteiger charge is -2.22. The maximum Gasteiger partial charge on any atom is 0.338 e. The van der Waals surface area contributed by atoms with E-state index in [9.17, 15) is 19.5 Å². The molecule has 0 amide bonds. The van der Waals surface area contributed by atoms with Gasteiger partial charge in [-0.1, -0.05) is 49.1 Å². The lowest BCUT2D eigenvalue weighted by molar-refractivity contribution is -0.139. The maximum atomic E-state index is 15.5. The highest BCUT2D eigenvalue weighted by molar-refractivity contribution is 6.67. The van der Waals surface area contributed by atoms with E-state index in [1.807, 2.05) is 24.3 Å². The SMILES string of the molecule is C=C(C)C(=O)OC1=CCC(c2ccc(-c3ccc4c(c3)CCC4CO)c(F)c2)C=C1OC(=O)/C(C)=C\C/C=C(\C)C(=O)Cl. The van der Waals surface area contributed by atoms with Crippen LogP contribution < -0.4 is 0 Å². The Morgan fingerprint density at radius 1 is 1.02 bits per heavy atom. The van der Waals surface area contributed by atoms with Gasteiger partial charge in [-0.2, -0.15) is 0 Å². The summed E-state index contributed by atoms with van der Waals surface area (Å²) < 4.78 is 26.5. The summed E-state index contributed by atoms with van der Waals surface area (Å²) in [5, 5.41) is 9.03. The van der Waals surface area contributed by atoms with Crippen molar-refractivity contribution in [2.24, 2.45) is 0 Å². The molecule has 0 saturated heterocycles. The number of halogens is 2. The zero-order chi connectivity index (χ0) is 31.3. The first-order valence-electron chi connectivity index (χ1n) is 14.1. The number of aliphatic hydroxyl groups excluding tert-OH is 1. The number of aryl methyl sites for hydroxylation is 1. The summed E-state index contributed by atoms with van der Waals surface area (Å²) >= 11 is 5.45. The molecule has 2 atom stereocenters. The largest absolute Gasteiger partial charge is 0.420 e. The number of aliphatic hydroxyl groups is 1. The van der Waals surface area contributed by atoms with Gasteiger partial charge in [0.05, 0.1) is 0 Å². The number of allylic oxidation sites excluding steroid dienone is 5. The second kappa shape index (κ2) is 13.9. The van der Waals surface area contributed by atoms with Gasteiger partial charge in [-0.15, -0.1) is 0 Å². The molecule has 224 valence electrons. The van der Waals surface area contributed by atoms with Crippen LogP contribution in [0.4, 0.5) is 4.39 Å². The molecule has 43 heavy (non-hydrogen) atoms. The Bertz CT molecular complexity index is 1600. The standard InChI is InChI=1S/C35H34ClFO6/c1-20(2)34(40)42-31-15-12-24(18-32(31)43-35(41)22(4)7-5-6-21(3)33(36)39)23-10-14-29(30(37)17-23)26-11-13-28-25(16-26)8-9-27(28)19-38/h6-7,10-11,13-18,24,27,38H,1,5,8-9,12,19H2,2-4H3/b21-6+,22-7-. The lowest BCUT2D eigenvalue weighted by Crippen LogP contribution is -2.16. The average molecular weight is 605 g/mol. The monoisotopic (exact) mass is 604 g/mol. The van der Waals surface area contributed by atoms with E-state index < -0.39 is 17.2 Å². The predicted octanol–water partition coefficient (Wildman–Crippen LogP) is 7.48. The van der Waals surface area contributed by atoms with Crippen molar-refractivity contribution >= 4 is 28.8 Å². The van der Waals surface area contributed by atoms with E-state index in [-0.39, 0.29) is 53.3 Å². The average Bonchev–Trinajstić information content (AvgIpc) is 3.40. The van der Waals surface area contributed by atoms with E-state index in [4.69, 9.17) is 21.1 Å². The summed E-state index contributed by atoms with van der Waals surface area (Å²) in [4.78, 5) is 36.4. The highest BCUT2D eigenvalue weighted by Gasteiger charge is 2.26. The minimum absolute atomic E-state index is 0.0350. The van der Waals surface area contributed by atoms with Crippen molar-refractivity contribution in [3.63, 3.8) is 0 Å². The lowest BCUT2D eigenvalue weighted by atomic mass is 9.89. The zero-order valence-electron chi connectivity index (χ0n) is 24.4. The van der Waals surface area contributed by atoms with Crippen molar-refractivity contribution in [2.45, 2.75) is 58.3 Å². The number of hydrogen-bond donors (Lipinski definition) is 1. The molecular formula is C35H34ClFO6. The molecule has 0 fully saturated rings. The smallest absolute Gasteiger partial charge is 0.338 e. The third kappa shape index (κ3) is 7.66. The van der Waals surface area contributed by atoms with Crippen molar-refractivity contribution in [2.75, 3.05) is 6.61 Å². The fourth-order valence-corrected chi connectivity index (χ4v) is 5.16. The van der Waals surface area contributed by atoms with Crippen LogP contribution in [0.2, 0.25) is 0 Å². The highest BCUT2D eigenvalue weighted by atomic mass is 35.5. The molecule has 2 aliphatic carbocycles. The number of carbonyl (C=O) groups excluding carboxylic acids is 3. The van der Waals surface area contributed by atoms with Crippen LogP contribution in [0.25, 0.3) is 11.1 Å². The van der Waals surface area contributed by atoms with Crippen LogP contribution in [0.15, 0.2) is 95.5 Å².